The molecule has 2 heterocycles. The van der Waals surface area contributed by atoms with Crippen LogP contribution in [0.1, 0.15) is 20.8 Å². The number of methoxy groups -OCH3 is 2. The molecule has 0 atom stereocenters. The van der Waals surface area contributed by atoms with Crippen LogP contribution in [0.3, 0.4) is 0 Å². The number of nitrogens with one attached hydrogen (secondary N) is 2. The molecule has 0 saturated carbocycles. The van der Waals surface area contributed by atoms with Crippen LogP contribution in [0.2, 0.25) is 0 Å². The minimum atomic E-state index is -0.175. The van der Waals surface area contributed by atoms with Crippen molar-refractivity contribution in [3.63, 3.8) is 0 Å². The molecule has 0 aliphatic carbocycles. The molecular weight excluding hydrogens is 354 g/mol. The van der Waals surface area contributed by atoms with E-state index in [1.807, 2.05) is 36.4 Å². The monoisotopic (exact) mass is 379 g/mol. The summed E-state index contributed by atoms with van der Waals surface area (Å²) in [6.07, 6.45) is 3.49. The van der Waals surface area contributed by atoms with Crippen LogP contribution < -0.4 is 20.1 Å². The molecular formula is C21H25N5O2. The first-order chi connectivity index (χ1) is 13.4. The molecule has 0 unspecified atom stereocenters. The Hall–Kier alpha value is -3.35. The first kappa shape index (κ1) is 19.4. The molecule has 0 aliphatic heterocycles. The topological polar surface area (TPSA) is 81.2 Å². The van der Waals surface area contributed by atoms with Gasteiger partial charge in [-0.2, -0.15) is 4.98 Å². The molecule has 1 aromatic carbocycles. The SMILES string of the molecule is COc1ccc(Nc2cc(-c3ccncc3)nc(NC(C)(C)C)n2)c(OC)c1. The first-order valence-corrected chi connectivity index (χ1v) is 8.94. The van der Waals surface area contributed by atoms with Crippen LogP contribution in [0.5, 0.6) is 11.5 Å². The number of anilines is 3. The highest BCUT2D eigenvalue weighted by molar-refractivity contribution is 5.70. The van der Waals surface area contributed by atoms with Crippen molar-refractivity contribution in [3.05, 3.63) is 48.8 Å². The average molecular weight is 379 g/mol. The van der Waals surface area contributed by atoms with Gasteiger partial charge in [0.25, 0.3) is 0 Å². The zero-order chi connectivity index (χ0) is 20.1. The number of hydrogen-bond acceptors (Lipinski definition) is 7. The van der Waals surface area contributed by atoms with Crippen LogP contribution in [0, 0.1) is 0 Å². The molecule has 0 amide bonds. The number of hydrogen-bond donors (Lipinski definition) is 2. The van der Waals surface area contributed by atoms with Crippen molar-refractivity contribution >= 4 is 17.5 Å². The van der Waals surface area contributed by atoms with Gasteiger partial charge in [-0.1, -0.05) is 0 Å². The van der Waals surface area contributed by atoms with Crippen molar-refractivity contribution in [2.24, 2.45) is 0 Å². The summed E-state index contributed by atoms with van der Waals surface area (Å²) in [4.78, 5) is 13.4. The highest BCUT2D eigenvalue weighted by Crippen LogP contribution is 2.32. The molecule has 2 aromatic heterocycles. The van der Waals surface area contributed by atoms with Gasteiger partial charge in [0.2, 0.25) is 5.95 Å². The lowest BCUT2D eigenvalue weighted by molar-refractivity contribution is 0.395. The van der Waals surface area contributed by atoms with E-state index in [4.69, 9.17) is 9.47 Å². The van der Waals surface area contributed by atoms with E-state index < -0.39 is 0 Å². The normalized spacial score (nSPS) is 11.0. The smallest absolute Gasteiger partial charge is 0.225 e. The van der Waals surface area contributed by atoms with Crippen molar-refractivity contribution in [1.82, 2.24) is 15.0 Å². The zero-order valence-electron chi connectivity index (χ0n) is 16.8. The molecule has 7 nitrogen and oxygen atoms in total. The van der Waals surface area contributed by atoms with Gasteiger partial charge in [0, 0.05) is 35.6 Å². The maximum absolute atomic E-state index is 5.48. The molecule has 28 heavy (non-hydrogen) atoms. The van der Waals surface area contributed by atoms with Gasteiger partial charge in [-0.25, -0.2) is 4.98 Å². The van der Waals surface area contributed by atoms with Gasteiger partial charge in [0.05, 0.1) is 25.6 Å². The van der Waals surface area contributed by atoms with Crippen LogP contribution >= 0.6 is 0 Å². The van der Waals surface area contributed by atoms with Gasteiger partial charge in [-0.15, -0.1) is 0 Å². The van der Waals surface area contributed by atoms with Gasteiger partial charge >= 0.3 is 0 Å². The van der Waals surface area contributed by atoms with Crippen LogP contribution in [-0.2, 0) is 0 Å². The quantitative estimate of drug-likeness (QED) is 0.652. The van der Waals surface area contributed by atoms with E-state index in [-0.39, 0.29) is 5.54 Å². The highest BCUT2D eigenvalue weighted by atomic mass is 16.5. The molecule has 0 spiro atoms. The molecule has 0 bridgehead atoms. The van der Waals surface area contributed by atoms with Crippen LogP contribution in [0.25, 0.3) is 11.3 Å². The fraction of sp³-hybridized carbons (Fsp3) is 0.286. The molecule has 3 rings (SSSR count). The second-order valence-electron chi connectivity index (χ2n) is 7.26. The lowest BCUT2D eigenvalue weighted by Gasteiger charge is -2.21. The summed E-state index contributed by atoms with van der Waals surface area (Å²) in [6, 6.07) is 11.3. The van der Waals surface area contributed by atoms with Crippen molar-refractivity contribution in [1.29, 1.82) is 0 Å². The van der Waals surface area contributed by atoms with Crippen molar-refractivity contribution in [2.45, 2.75) is 26.3 Å². The summed E-state index contributed by atoms with van der Waals surface area (Å²) in [7, 11) is 3.24. The Kier molecular flexibility index (Phi) is 5.63. The van der Waals surface area contributed by atoms with Crippen molar-refractivity contribution in [2.75, 3.05) is 24.9 Å². The average Bonchev–Trinajstić information content (AvgIpc) is 2.67. The summed E-state index contributed by atoms with van der Waals surface area (Å²) in [5, 5.41) is 6.66. The molecule has 0 aliphatic rings. The molecule has 0 radical (unpaired) electrons. The fourth-order valence-corrected chi connectivity index (χ4v) is 2.61. The number of pyridine rings is 1. The maximum atomic E-state index is 5.48. The Morgan fingerprint density at radius 2 is 1.64 bits per heavy atom. The van der Waals surface area contributed by atoms with Crippen LogP contribution in [0.15, 0.2) is 48.8 Å². The van der Waals surface area contributed by atoms with E-state index in [1.165, 1.54) is 0 Å². The van der Waals surface area contributed by atoms with E-state index in [2.05, 4.69) is 46.4 Å². The number of ether oxygens (including phenoxy) is 2. The van der Waals surface area contributed by atoms with E-state index in [1.54, 1.807) is 26.6 Å². The predicted octanol–water partition coefficient (Wildman–Crippen LogP) is 4.51. The summed E-state index contributed by atoms with van der Waals surface area (Å²) in [5.74, 6) is 2.57. The maximum Gasteiger partial charge on any atom is 0.225 e. The summed E-state index contributed by atoms with van der Waals surface area (Å²) in [6.45, 7) is 6.19. The standard InChI is InChI=1S/C21H25N5O2/c1-21(2,3)26-20-24-17(14-8-10-22-11-9-14)13-19(25-20)23-16-7-6-15(27-4)12-18(16)28-5/h6-13H,1-5H3,(H2,23,24,25,26). The van der Waals surface area contributed by atoms with E-state index in [0.717, 1.165) is 22.7 Å². The van der Waals surface area contributed by atoms with Crippen LogP contribution in [-0.4, -0.2) is 34.7 Å². The van der Waals surface area contributed by atoms with Crippen molar-refractivity contribution in [3.8, 4) is 22.8 Å². The molecule has 3 aromatic rings. The van der Waals surface area contributed by atoms with Gasteiger partial charge < -0.3 is 20.1 Å². The number of nitrogens with zero attached hydrogens (tertiary/aromatic N) is 3. The Morgan fingerprint density at radius 3 is 2.29 bits per heavy atom. The van der Waals surface area contributed by atoms with Gasteiger partial charge in [-0.3, -0.25) is 4.98 Å². The summed E-state index contributed by atoms with van der Waals surface area (Å²) in [5.41, 5.74) is 2.36. The number of rotatable bonds is 6. The third-order valence-corrected chi connectivity index (χ3v) is 3.86. The number of aromatic nitrogens is 3. The summed E-state index contributed by atoms with van der Waals surface area (Å²) < 4.78 is 10.7. The largest absolute Gasteiger partial charge is 0.497 e. The van der Waals surface area contributed by atoms with Crippen LogP contribution in [0.4, 0.5) is 17.5 Å². The lowest BCUT2D eigenvalue weighted by atomic mass is 10.1. The summed E-state index contributed by atoms with van der Waals surface area (Å²) >= 11 is 0. The Balaban J connectivity index is 2.01. The second-order valence-corrected chi connectivity index (χ2v) is 7.26. The third-order valence-electron chi connectivity index (χ3n) is 3.86. The molecule has 7 heteroatoms. The molecule has 2 N–H and O–H groups in total. The van der Waals surface area contributed by atoms with Gasteiger partial charge in [-0.05, 0) is 45.0 Å². The van der Waals surface area contributed by atoms with Gasteiger partial charge in [0.1, 0.15) is 17.3 Å². The Bertz CT molecular complexity index is 939. The predicted molar refractivity (Wildman–Crippen MR) is 111 cm³/mol. The highest BCUT2D eigenvalue weighted by Gasteiger charge is 2.15. The Morgan fingerprint density at radius 1 is 0.893 bits per heavy atom. The van der Waals surface area contributed by atoms with Gasteiger partial charge in [0.15, 0.2) is 0 Å². The van der Waals surface area contributed by atoms with Crippen molar-refractivity contribution < 1.29 is 9.47 Å². The molecule has 0 saturated heterocycles. The van der Waals surface area contributed by atoms with E-state index in [9.17, 15) is 0 Å². The van der Waals surface area contributed by atoms with E-state index >= 15 is 0 Å². The third kappa shape index (κ3) is 4.88. The number of benzene rings is 1. The fourth-order valence-electron chi connectivity index (χ4n) is 2.61. The molecule has 0 fully saturated rings. The zero-order valence-corrected chi connectivity index (χ0v) is 16.8. The van der Waals surface area contributed by atoms with E-state index in [0.29, 0.717) is 17.5 Å². The minimum Gasteiger partial charge on any atom is -0.497 e. The minimum absolute atomic E-state index is 0.175. The molecule has 146 valence electrons. The lowest BCUT2D eigenvalue weighted by Crippen LogP contribution is -2.27. The Labute approximate surface area is 165 Å². The first-order valence-electron chi connectivity index (χ1n) is 8.94. The second kappa shape index (κ2) is 8.12.